The fourth-order valence-electron chi connectivity index (χ4n) is 1.79. The summed E-state index contributed by atoms with van der Waals surface area (Å²) < 4.78 is 44.4. The van der Waals surface area contributed by atoms with Crippen molar-refractivity contribution in [3.8, 4) is 12.3 Å². The molecule has 1 rings (SSSR count). The molecule has 0 heterocycles. The number of carbonyl (C=O) groups is 2. The van der Waals surface area contributed by atoms with Gasteiger partial charge in [0.15, 0.2) is 0 Å². The fourth-order valence-corrected chi connectivity index (χ4v) is 1.79. The highest BCUT2D eigenvalue weighted by atomic mass is 19.1. The van der Waals surface area contributed by atoms with Gasteiger partial charge in [-0.1, -0.05) is 0 Å². The van der Waals surface area contributed by atoms with Crippen LogP contribution in [-0.4, -0.2) is 25.0 Å². The Morgan fingerprint density at radius 3 is 2.41 bits per heavy atom. The summed E-state index contributed by atoms with van der Waals surface area (Å²) in [7, 11) is 1.11. The van der Waals surface area contributed by atoms with E-state index in [2.05, 4.69) is 16.0 Å². The minimum Gasteiger partial charge on any atom is -0.467 e. The van der Waals surface area contributed by atoms with Crippen molar-refractivity contribution in [3.05, 3.63) is 35.1 Å². The molecule has 0 saturated heterocycles. The van der Waals surface area contributed by atoms with Gasteiger partial charge in [0.25, 0.3) is 5.91 Å². The van der Waals surface area contributed by atoms with E-state index in [4.69, 9.17) is 6.42 Å². The number of unbranched alkanes of at least 4 members (excludes halogenated alkanes) is 1. The molecule has 0 unspecified atom stereocenters. The molecule has 0 aliphatic rings. The average Bonchev–Trinajstić information content (AvgIpc) is 2.44. The zero-order chi connectivity index (χ0) is 16.7. The maximum atomic E-state index is 13.5. The molecule has 0 saturated carbocycles. The van der Waals surface area contributed by atoms with Crippen LogP contribution >= 0.6 is 0 Å². The minimum absolute atomic E-state index is 0.146. The Morgan fingerprint density at radius 2 is 1.91 bits per heavy atom. The van der Waals surface area contributed by atoms with Gasteiger partial charge in [-0.25, -0.2) is 18.0 Å². The van der Waals surface area contributed by atoms with Crippen LogP contribution in [0.5, 0.6) is 0 Å². The van der Waals surface area contributed by atoms with Crippen molar-refractivity contribution in [3.63, 3.8) is 0 Å². The van der Waals surface area contributed by atoms with E-state index in [1.165, 1.54) is 0 Å². The molecule has 0 spiro atoms. The van der Waals surface area contributed by atoms with Gasteiger partial charge >= 0.3 is 5.97 Å². The fraction of sp³-hybridized carbons (Fsp3) is 0.333. The molecule has 0 radical (unpaired) electrons. The summed E-state index contributed by atoms with van der Waals surface area (Å²) in [6.07, 6.45) is 6.00. The number of benzene rings is 1. The van der Waals surface area contributed by atoms with Crippen LogP contribution in [0.1, 0.15) is 29.6 Å². The van der Waals surface area contributed by atoms with Crippen molar-refractivity contribution in [2.75, 3.05) is 7.11 Å². The highest BCUT2D eigenvalue weighted by Gasteiger charge is 2.25. The maximum Gasteiger partial charge on any atom is 0.328 e. The predicted octanol–water partition coefficient (Wildman–Crippen LogP) is 2.18. The molecular weight excluding hydrogens is 299 g/mol. The van der Waals surface area contributed by atoms with E-state index in [1.807, 2.05) is 0 Å². The van der Waals surface area contributed by atoms with Crippen molar-refractivity contribution >= 4 is 11.9 Å². The van der Waals surface area contributed by atoms with Crippen LogP contribution in [0, 0.1) is 29.8 Å². The van der Waals surface area contributed by atoms with Gasteiger partial charge in [-0.15, -0.1) is 12.3 Å². The number of methoxy groups -OCH3 is 1. The van der Waals surface area contributed by atoms with Gasteiger partial charge in [0.05, 0.1) is 7.11 Å². The van der Waals surface area contributed by atoms with Crippen LogP contribution in [0.25, 0.3) is 0 Å². The summed E-state index contributed by atoms with van der Waals surface area (Å²) in [5.41, 5.74) is -0.966. The lowest BCUT2D eigenvalue weighted by atomic mass is 10.1. The summed E-state index contributed by atoms with van der Waals surface area (Å²) in [5.74, 6) is -3.45. The smallest absolute Gasteiger partial charge is 0.328 e. The monoisotopic (exact) mass is 313 g/mol. The topological polar surface area (TPSA) is 55.4 Å². The Hall–Kier alpha value is -2.49. The van der Waals surface area contributed by atoms with Gasteiger partial charge in [0, 0.05) is 18.6 Å². The molecule has 1 aromatic carbocycles. The first-order valence-electron chi connectivity index (χ1n) is 6.37. The van der Waals surface area contributed by atoms with Gasteiger partial charge in [-0.05, 0) is 12.8 Å². The number of nitrogens with one attached hydrogen (secondary N) is 1. The van der Waals surface area contributed by atoms with Crippen LogP contribution in [0.2, 0.25) is 0 Å². The second-order valence-electron chi connectivity index (χ2n) is 4.39. The summed E-state index contributed by atoms with van der Waals surface area (Å²) >= 11 is 0. The van der Waals surface area contributed by atoms with E-state index in [0.717, 1.165) is 7.11 Å². The van der Waals surface area contributed by atoms with E-state index in [-0.39, 0.29) is 6.42 Å². The summed E-state index contributed by atoms with van der Waals surface area (Å²) in [4.78, 5) is 23.5. The Labute approximate surface area is 125 Å². The number of terminal acetylenes is 1. The van der Waals surface area contributed by atoms with Gasteiger partial charge in [-0.3, -0.25) is 4.79 Å². The third-order valence-electron chi connectivity index (χ3n) is 2.84. The number of hydrogen-bond donors (Lipinski definition) is 1. The molecule has 7 heteroatoms. The largest absolute Gasteiger partial charge is 0.467 e. The molecule has 0 aromatic heterocycles. The number of amides is 1. The molecule has 22 heavy (non-hydrogen) atoms. The van der Waals surface area contributed by atoms with Gasteiger partial charge < -0.3 is 10.1 Å². The third kappa shape index (κ3) is 4.52. The van der Waals surface area contributed by atoms with Crippen molar-refractivity contribution in [2.24, 2.45) is 0 Å². The Morgan fingerprint density at radius 1 is 1.32 bits per heavy atom. The van der Waals surface area contributed by atoms with Crippen LogP contribution < -0.4 is 5.32 Å². The standard InChI is InChI=1S/C15H14F3NO3/c1-3-4-5-6-12(15(21)22-2)19-14(20)13-10(17)7-9(16)8-11(13)18/h1,7-8,12H,4-6H2,2H3,(H,19,20)/t12-/m1/s1. The molecule has 1 N–H and O–H groups in total. The van der Waals surface area contributed by atoms with Gasteiger partial charge in [0.1, 0.15) is 29.1 Å². The zero-order valence-electron chi connectivity index (χ0n) is 11.8. The molecule has 0 fully saturated rings. The van der Waals surface area contributed by atoms with E-state index in [9.17, 15) is 22.8 Å². The molecule has 0 aliphatic carbocycles. The highest BCUT2D eigenvalue weighted by Crippen LogP contribution is 2.15. The Kier molecular flexibility index (Phi) is 6.45. The predicted molar refractivity (Wildman–Crippen MR) is 72.3 cm³/mol. The van der Waals surface area contributed by atoms with Crippen molar-refractivity contribution < 1.29 is 27.5 Å². The first kappa shape index (κ1) is 17.6. The molecule has 1 atom stereocenters. The number of halogens is 3. The second kappa shape index (κ2) is 8.08. The molecule has 1 aromatic rings. The van der Waals surface area contributed by atoms with Crippen molar-refractivity contribution in [2.45, 2.75) is 25.3 Å². The third-order valence-corrected chi connectivity index (χ3v) is 2.84. The second-order valence-corrected chi connectivity index (χ2v) is 4.39. The van der Waals surface area contributed by atoms with Crippen molar-refractivity contribution in [1.29, 1.82) is 0 Å². The van der Waals surface area contributed by atoms with E-state index >= 15 is 0 Å². The van der Waals surface area contributed by atoms with E-state index in [1.54, 1.807) is 0 Å². The van der Waals surface area contributed by atoms with E-state index < -0.39 is 40.9 Å². The van der Waals surface area contributed by atoms with Crippen LogP contribution in [-0.2, 0) is 9.53 Å². The average molecular weight is 313 g/mol. The lowest BCUT2D eigenvalue weighted by Gasteiger charge is -2.16. The number of hydrogen-bond acceptors (Lipinski definition) is 3. The van der Waals surface area contributed by atoms with Crippen LogP contribution in [0.3, 0.4) is 0 Å². The van der Waals surface area contributed by atoms with E-state index in [0.29, 0.717) is 25.0 Å². The SMILES string of the molecule is C#CCCC[C@@H](NC(=O)c1c(F)cc(F)cc1F)C(=O)OC. The van der Waals surface area contributed by atoms with Crippen molar-refractivity contribution in [1.82, 2.24) is 5.32 Å². The van der Waals surface area contributed by atoms with Crippen LogP contribution in [0.4, 0.5) is 13.2 Å². The first-order chi connectivity index (χ1) is 10.4. The molecule has 118 valence electrons. The Bertz CT molecular complexity index is 588. The molecular formula is C15H14F3NO3. The molecule has 4 nitrogen and oxygen atoms in total. The first-order valence-corrected chi connectivity index (χ1v) is 6.37. The zero-order valence-corrected chi connectivity index (χ0v) is 11.8. The quantitative estimate of drug-likeness (QED) is 0.497. The highest BCUT2D eigenvalue weighted by molar-refractivity contribution is 5.97. The Balaban J connectivity index is 2.91. The van der Waals surface area contributed by atoms with Gasteiger partial charge in [-0.2, -0.15) is 0 Å². The number of esters is 1. The summed E-state index contributed by atoms with van der Waals surface area (Å²) in [6, 6.07) is -0.345. The summed E-state index contributed by atoms with van der Waals surface area (Å²) in [6.45, 7) is 0. The summed E-state index contributed by atoms with van der Waals surface area (Å²) in [5, 5.41) is 2.16. The lowest BCUT2D eigenvalue weighted by molar-refractivity contribution is -0.143. The number of ether oxygens (including phenoxy) is 1. The lowest BCUT2D eigenvalue weighted by Crippen LogP contribution is -2.42. The normalized spacial score (nSPS) is 11.4. The minimum atomic E-state index is -1.36. The maximum absolute atomic E-state index is 13.5. The number of carbonyl (C=O) groups excluding carboxylic acids is 2. The molecule has 1 amide bonds. The molecule has 0 aliphatic heterocycles. The van der Waals surface area contributed by atoms with Crippen LogP contribution in [0.15, 0.2) is 12.1 Å². The van der Waals surface area contributed by atoms with Gasteiger partial charge in [0.2, 0.25) is 0 Å². The molecule has 0 bridgehead atoms. The number of rotatable bonds is 6.